The molecule has 8 nitrogen and oxygen atoms in total. The molecule has 144 valence electrons. The highest BCUT2D eigenvalue weighted by Gasteiger charge is 2.18. The molecule has 0 saturated carbocycles. The Labute approximate surface area is 157 Å². The monoisotopic (exact) mass is 391 g/mol. The van der Waals surface area contributed by atoms with Crippen molar-refractivity contribution in [3.05, 3.63) is 65.5 Å². The van der Waals surface area contributed by atoms with Crippen molar-refractivity contribution in [3.63, 3.8) is 0 Å². The summed E-state index contributed by atoms with van der Waals surface area (Å²) in [5.41, 5.74) is 0.729. The summed E-state index contributed by atoms with van der Waals surface area (Å²) in [6.45, 7) is -0.444. The molecule has 2 N–H and O–H groups in total. The molecule has 0 atom stereocenters. The van der Waals surface area contributed by atoms with Gasteiger partial charge in [-0.3, -0.25) is 9.59 Å². The van der Waals surface area contributed by atoms with Crippen LogP contribution in [-0.2, 0) is 26.2 Å². The first-order valence-corrected chi connectivity index (χ1v) is 9.62. The van der Waals surface area contributed by atoms with E-state index in [9.17, 15) is 18.0 Å². The lowest BCUT2D eigenvalue weighted by Crippen LogP contribution is -2.42. The van der Waals surface area contributed by atoms with E-state index in [0.717, 1.165) is 15.3 Å². The van der Waals surface area contributed by atoms with Gasteiger partial charge in [0.1, 0.15) is 5.76 Å². The predicted octanol–water partition coefficient (Wildman–Crippen LogP) is 0.945. The van der Waals surface area contributed by atoms with Crippen molar-refractivity contribution in [2.24, 2.45) is 0 Å². The molecule has 0 bridgehead atoms. The lowest BCUT2D eigenvalue weighted by Gasteiger charge is -2.14. The number of sulfonamides is 1. The van der Waals surface area contributed by atoms with Crippen LogP contribution in [0.1, 0.15) is 11.3 Å². The molecule has 1 aromatic carbocycles. The molecule has 0 fully saturated rings. The number of carbonyl (C=O) groups is 2. The minimum atomic E-state index is -3.75. The molecule has 27 heavy (non-hydrogen) atoms. The van der Waals surface area contributed by atoms with Gasteiger partial charge in [-0.2, -0.15) is 4.31 Å². The summed E-state index contributed by atoms with van der Waals surface area (Å²) in [6, 6.07) is 12.3. The van der Waals surface area contributed by atoms with Gasteiger partial charge in [-0.05, 0) is 23.8 Å². The van der Waals surface area contributed by atoms with Gasteiger partial charge in [0.2, 0.25) is 21.8 Å². The maximum atomic E-state index is 12.2. The van der Waals surface area contributed by atoms with Crippen molar-refractivity contribution in [3.8, 4) is 0 Å². The largest absolute Gasteiger partial charge is 0.467 e. The van der Waals surface area contributed by atoms with Crippen molar-refractivity contribution in [1.29, 1.82) is 0 Å². The molecule has 0 radical (unpaired) electrons. The fourth-order valence-electron chi connectivity index (χ4n) is 2.02. The molecule has 0 saturated heterocycles. The smallest absolute Gasteiger partial charge is 0.239 e. The van der Waals surface area contributed by atoms with Gasteiger partial charge < -0.3 is 15.1 Å². The summed E-state index contributed by atoms with van der Waals surface area (Å²) in [7, 11) is -2.46. The zero-order valence-corrected chi connectivity index (χ0v) is 15.6. The van der Waals surface area contributed by atoms with E-state index < -0.39 is 28.4 Å². The van der Waals surface area contributed by atoms with Crippen molar-refractivity contribution >= 4 is 27.9 Å². The van der Waals surface area contributed by atoms with Gasteiger partial charge in [-0.25, -0.2) is 8.42 Å². The third kappa shape index (κ3) is 7.08. The second-order valence-electron chi connectivity index (χ2n) is 5.65. The lowest BCUT2D eigenvalue weighted by atomic mass is 10.2. The molecule has 9 heteroatoms. The minimum Gasteiger partial charge on any atom is -0.467 e. The molecule has 2 aromatic rings. The maximum absolute atomic E-state index is 12.2. The van der Waals surface area contributed by atoms with E-state index in [1.165, 1.54) is 19.4 Å². The number of rotatable bonds is 9. The zero-order valence-electron chi connectivity index (χ0n) is 14.8. The molecule has 1 heterocycles. The Balaban J connectivity index is 1.76. The summed E-state index contributed by atoms with van der Waals surface area (Å²) >= 11 is 0. The third-order valence-electron chi connectivity index (χ3n) is 3.52. The third-order valence-corrected chi connectivity index (χ3v) is 5.00. The summed E-state index contributed by atoms with van der Waals surface area (Å²) < 4.78 is 30.3. The van der Waals surface area contributed by atoms with Crippen LogP contribution >= 0.6 is 0 Å². The van der Waals surface area contributed by atoms with Crippen LogP contribution in [0.25, 0.3) is 6.08 Å². The highest BCUT2D eigenvalue weighted by atomic mass is 32.2. The lowest BCUT2D eigenvalue weighted by molar-refractivity contribution is -0.126. The molecule has 0 aliphatic rings. The van der Waals surface area contributed by atoms with Crippen LogP contribution < -0.4 is 10.6 Å². The van der Waals surface area contributed by atoms with Crippen LogP contribution in [0.15, 0.2) is 58.6 Å². The standard InChI is InChI=1S/C18H21N3O5S/c1-21(27(24,25)11-9-15-6-3-2-4-7-15)14-18(23)20-13-17(22)19-12-16-8-5-10-26-16/h2-11H,12-14H2,1H3,(H,19,22)(H,20,23)/b11-9+. The molecule has 0 aliphatic heterocycles. The van der Waals surface area contributed by atoms with Crippen molar-refractivity contribution in [2.75, 3.05) is 20.1 Å². The molecule has 2 rings (SSSR count). The van der Waals surface area contributed by atoms with Crippen LogP contribution in [0, 0.1) is 0 Å². The number of hydrogen-bond acceptors (Lipinski definition) is 5. The first-order valence-electron chi connectivity index (χ1n) is 8.12. The Bertz CT molecular complexity index is 877. The Morgan fingerprint density at radius 1 is 1.07 bits per heavy atom. The quantitative estimate of drug-likeness (QED) is 0.661. The molecule has 2 amide bonds. The van der Waals surface area contributed by atoms with Crippen LogP contribution in [0.3, 0.4) is 0 Å². The van der Waals surface area contributed by atoms with Gasteiger partial charge in [0.05, 0.1) is 25.9 Å². The van der Waals surface area contributed by atoms with E-state index in [1.807, 2.05) is 6.07 Å². The first kappa shape index (κ1) is 20.4. The Morgan fingerprint density at radius 2 is 1.81 bits per heavy atom. The van der Waals surface area contributed by atoms with Gasteiger partial charge in [0, 0.05) is 12.5 Å². The topological polar surface area (TPSA) is 109 Å². The van der Waals surface area contributed by atoms with Crippen molar-refractivity contribution < 1.29 is 22.4 Å². The Kier molecular flexibility index (Phi) is 7.33. The fourth-order valence-corrected chi connectivity index (χ4v) is 2.86. The van der Waals surface area contributed by atoms with Gasteiger partial charge in [0.25, 0.3) is 0 Å². The van der Waals surface area contributed by atoms with Crippen molar-refractivity contribution in [1.82, 2.24) is 14.9 Å². The predicted molar refractivity (Wildman–Crippen MR) is 101 cm³/mol. The fraction of sp³-hybridized carbons (Fsp3) is 0.222. The van der Waals surface area contributed by atoms with Gasteiger partial charge in [-0.15, -0.1) is 0 Å². The van der Waals surface area contributed by atoms with E-state index in [-0.39, 0.29) is 13.1 Å². The minimum absolute atomic E-state index is 0.209. The number of benzene rings is 1. The number of nitrogens with zero attached hydrogens (tertiary/aromatic N) is 1. The SMILES string of the molecule is CN(CC(=O)NCC(=O)NCc1ccco1)S(=O)(=O)/C=C/c1ccccc1. The summed E-state index contributed by atoms with van der Waals surface area (Å²) in [4.78, 5) is 23.5. The Hall–Kier alpha value is -2.91. The molecule has 0 aliphatic carbocycles. The summed E-state index contributed by atoms with van der Waals surface area (Å²) in [5, 5.41) is 5.98. The second kappa shape index (κ2) is 9.70. The maximum Gasteiger partial charge on any atom is 0.239 e. The number of amides is 2. The van der Waals surface area contributed by atoms with Crippen molar-refractivity contribution in [2.45, 2.75) is 6.54 Å². The van der Waals surface area contributed by atoms with Crippen LogP contribution in [0.5, 0.6) is 0 Å². The number of carbonyl (C=O) groups excluding carboxylic acids is 2. The van der Waals surface area contributed by atoms with Crippen LogP contribution in [0.4, 0.5) is 0 Å². The number of likely N-dealkylation sites (N-methyl/N-ethyl adjacent to an activating group) is 1. The summed E-state index contributed by atoms with van der Waals surface area (Å²) in [5.74, 6) is -0.401. The first-order chi connectivity index (χ1) is 12.9. The van der Waals surface area contributed by atoms with E-state index in [4.69, 9.17) is 4.42 Å². The second-order valence-corrected chi connectivity index (χ2v) is 7.57. The molecule has 0 unspecified atom stereocenters. The zero-order chi connectivity index (χ0) is 19.7. The van der Waals surface area contributed by atoms with E-state index in [2.05, 4.69) is 10.6 Å². The normalized spacial score (nSPS) is 11.6. The van der Waals surface area contributed by atoms with E-state index in [0.29, 0.717) is 5.76 Å². The van der Waals surface area contributed by atoms with Gasteiger partial charge >= 0.3 is 0 Å². The number of hydrogen-bond donors (Lipinski definition) is 2. The molecular weight excluding hydrogens is 370 g/mol. The van der Waals surface area contributed by atoms with Gasteiger partial charge in [0.15, 0.2) is 0 Å². The van der Waals surface area contributed by atoms with Gasteiger partial charge in [-0.1, -0.05) is 30.3 Å². The average molecular weight is 391 g/mol. The highest BCUT2D eigenvalue weighted by molar-refractivity contribution is 7.92. The van der Waals surface area contributed by atoms with Crippen LogP contribution in [-0.4, -0.2) is 44.7 Å². The average Bonchev–Trinajstić information content (AvgIpc) is 3.17. The van der Waals surface area contributed by atoms with Crippen LogP contribution in [0.2, 0.25) is 0 Å². The number of furan rings is 1. The molecule has 1 aromatic heterocycles. The highest BCUT2D eigenvalue weighted by Crippen LogP contribution is 2.06. The Morgan fingerprint density at radius 3 is 2.48 bits per heavy atom. The summed E-state index contributed by atoms with van der Waals surface area (Å²) in [6.07, 6.45) is 2.94. The van der Waals surface area contributed by atoms with E-state index in [1.54, 1.807) is 36.4 Å². The molecule has 0 spiro atoms. The molecular formula is C18H21N3O5S. The number of nitrogens with one attached hydrogen (secondary N) is 2. The van der Waals surface area contributed by atoms with E-state index >= 15 is 0 Å².